The molecule has 0 atom stereocenters. The van der Waals surface area contributed by atoms with Crippen LogP contribution >= 0.6 is 0 Å². The Balaban J connectivity index is 1.40. The van der Waals surface area contributed by atoms with Crippen LogP contribution in [0, 0.1) is 11.7 Å². The van der Waals surface area contributed by atoms with Crippen molar-refractivity contribution in [1.82, 2.24) is 0 Å². The first-order chi connectivity index (χ1) is 14.7. The molecule has 0 heterocycles. The minimum absolute atomic E-state index is 0.0499. The lowest BCUT2D eigenvalue weighted by Gasteiger charge is -2.27. The van der Waals surface area contributed by atoms with E-state index in [1.165, 1.54) is 42.4 Å². The molecule has 3 aromatic carbocycles. The van der Waals surface area contributed by atoms with Gasteiger partial charge >= 0.3 is 0 Å². The first kappa shape index (κ1) is 20.8. The Bertz CT molecular complexity index is 991. The molecule has 0 bridgehead atoms. The Morgan fingerprint density at radius 3 is 2.30 bits per heavy atom. The zero-order chi connectivity index (χ0) is 20.9. The molecule has 1 heteroatoms. The largest absolute Gasteiger partial charge is 0.206 e. The van der Waals surface area contributed by atoms with Gasteiger partial charge in [-0.1, -0.05) is 74.0 Å². The van der Waals surface area contributed by atoms with E-state index in [2.05, 4.69) is 62.0 Å². The molecule has 156 valence electrons. The predicted molar refractivity (Wildman–Crippen MR) is 127 cm³/mol. The van der Waals surface area contributed by atoms with Crippen LogP contribution in [0.25, 0.3) is 10.8 Å². The van der Waals surface area contributed by atoms with Gasteiger partial charge in [0, 0.05) is 5.39 Å². The lowest BCUT2D eigenvalue weighted by atomic mass is 9.78. The monoisotopic (exact) mass is 400 g/mol. The summed E-state index contributed by atoms with van der Waals surface area (Å²) in [5, 5.41) is 1.76. The molecule has 0 saturated heterocycles. The van der Waals surface area contributed by atoms with Crippen LogP contribution in [0.5, 0.6) is 0 Å². The van der Waals surface area contributed by atoms with Crippen molar-refractivity contribution in [2.75, 3.05) is 0 Å². The highest BCUT2D eigenvalue weighted by atomic mass is 19.1. The van der Waals surface area contributed by atoms with Crippen LogP contribution in [-0.4, -0.2) is 0 Å². The first-order valence-electron chi connectivity index (χ1n) is 11.6. The van der Waals surface area contributed by atoms with E-state index in [9.17, 15) is 0 Å². The fourth-order valence-corrected chi connectivity index (χ4v) is 4.95. The third kappa shape index (κ3) is 4.67. The Morgan fingerprint density at radius 2 is 1.60 bits per heavy atom. The van der Waals surface area contributed by atoms with E-state index < -0.39 is 0 Å². The Labute approximate surface area is 180 Å². The molecule has 0 aliphatic heterocycles. The Hall–Kier alpha value is -2.41. The predicted octanol–water partition coefficient (Wildman–Crippen LogP) is 8.18. The smallest absolute Gasteiger partial charge is 0.134 e. The number of aryl methyl sites for hydroxylation is 3. The average Bonchev–Trinajstić information content (AvgIpc) is 2.79. The fraction of sp³-hybridized carbons (Fsp3) is 0.379. The van der Waals surface area contributed by atoms with Gasteiger partial charge in [-0.2, -0.15) is 0 Å². The highest BCUT2D eigenvalue weighted by molar-refractivity contribution is 5.84. The molecular weight excluding hydrogens is 367 g/mol. The summed E-state index contributed by atoms with van der Waals surface area (Å²) in [6.45, 7) is 6.12. The van der Waals surface area contributed by atoms with Gasteiger partial charge in [-0.05, 0) is 84.4 Å². The van der Waals surface area contributed by atoms with Gasteiger partial charge in [-0.15, -0.1) is 6.58 Å². The minimum atomic E-state index is -0.0499. The Morgan fingerprint density at radius 1 is 0.867 bits per heavy atom. The van der Waals surface area contributed by atoms with E-state index in [0.29, 0.717) is 11.8 Å². The molecule has 0 nitrogen and oxygen atoms in total. The third-order valence-corrected chi connectivity index (χ3v) is 6.88. The first-order valence-corrected chi connectivity index (χ1v) is 11.6. The molecule has 0 aromatic heterocycles. The van der Waals surface area contributed by atoms with E-state index in [0.717, 1.165) is 42.0 Å². The molecule has 3 aromatic rings. The van der Waals surface area contributed by atoms with Crippen molar-refractivity contribution in [2.45, 2.75) is 64.2 Å². The van der Waals surface area contributed by atoms with Gasteiger partial charge < -0.3 is 0 Å². The zero-order valence-electron chi connectivity index (χ0n) is 18.2. The summed E-state index contributed by atoms with van der Waals surface area (Å²) in [6.07, 6.45) is 10.9. The van der Waals surface area contributed by atoms with Gasteiger partial charge in [0.2, 0.25) is 0 Å². The van der Waals surface area contributed by atoms with E-state index in [-0.39, 0.29) is 5.82 Å². The van der Waals surface area contributed by atoms with Crippen molar-refractivity contribution in [1.29, 1.82) is 0 Å². The van der Waals surface area contributed by atoms with E-state index in [1.54, 1.807) is 0 Å². The number of halogens is 1. The molecule has 30 heavy (non-hydrogen) atoms. The van der Waals surface area contributed by atoms with Gasteiger partial charge in [-0.25, -0.2) is 4.39 Å². The Kier molecular flexibility index (Phi) is 6.67. The summed E-state index contributed by atoms with van der Waals surface area (Å²) in [6, 6.07) is 19.3. The van der Waals surface area contributed by atoms with Gasteiger partial charge in [0.15, 0.2) is 0 Å². The summed E-state index contributed by atoms with van der Waals surface area (Å²) < 4.78 is 15.1. The molecule has 1 aliphatic rings. The van der Waals surface area contributed by atoms with Gasteiger partial charge in [0.05, 0.1) is 0 Å². The second-order valence-electron chi connectivity index (χ2n) is 8.93. The van der Waals surface area contributed by atoms with Crippen molar-refractivity contribution in [3.63, 3.8) is 0 Å². The normalized spacial score (nSPS) is 19.1. The number of benzene rings is 3. The molecule has 1 aliphatic carbocycles. The topological polar surface area (TPSA) is 0 Å². The van der Waals surface area contributed by atoms with Crippen molar-refractivity contribution in [3.05, 3.63) is 95.3 Å². The molecule has 0 N–H and O–H groups in total. The number of hydrogen-bond acceptors (Lipinski definition) is 0. The number of rotatable bonds is 7. The average molecular weight is 401 g/mol. The summed E-state index contributed by atoms with van der Waals surface area (Å²) in [5.74, 6) is 1.34. The van der Waals surface area contributed by atoms with Crippen molar-refractivity contribution in [3.8, 4) is 0 Å². The highest BCUT2D eigenvalue weighted by Gasteiger charge is 2.20. The molecule has 0 radical (unpaired) electrons. The lowest BCUT2D eigenvalue weighted by molar-refractivity contribution is 0.376. The quantitative estimate of drug-likeness (QED) is 0.351. The maximum atomic E-state index is 15.1. The summed E-state index contributed by atoms with van der Waals surface area (Å²) in [7, 11) is 0. The maximum Gasteiger partial charge on any atom is 0.134 e. The number of fused-ring (bicyclic) bond motifs is 1. The van der Waals surface area contributed by atoms with E-state index in [4.69, 9.17) is 0 Å². The molecule has 0 unspecified atom stereocenters. The van der Waals surface area contributed by atoms with Crippen LogP contribution in [0.1, 0.15) is 67.2 Å². The standard InChI is InChI=1S/C29H33F/c1-3-5-23-11-19-28-27(20-23)18-17-26(29(28)30)16-10-22-8-14-25(15-9-22)24-12-6-21(4-2)7-13-24/h4,8-9,11,14-15,17-21,24H,2-3,5-7,10,12-13,16H2,1H3. The minimum Gasteiger partial charge on any atom is -0.206 e. The molecule has 4 rings (SSSR count). The van der Waals surface area contributed by atoms with Crippen molar-refractivity contribution < 1.29 is 4.39 Å². The maximum absolute atomic E-state index is 15.1. The third-order valence-electron chi connectivity index (χ3n) is 6.88. The molecule has 1 saturated carbocycles. The van der Waals surface area contributed by atoms with Gasteiger partial charge in [0.1, 0.15) is 5.82 Å². The molecule has 0 amide bonds. The van der Waals surface area contributed by atoms with Crippen LogP contribution in [0.2, 0.25) is 0 Å². The zero-order valence-corrected chi connectivity index (χ0v) is 18.2. The SMILES string of the molecule is C=CC1CCC(c2ccc(CCc3ccc4cc(CCC)ccc4c3F)cc2)CC1. The van der Waals surface area contributed by atoms with E-state index in [1.807, 2.05) is 12.1 Å². The lowest BCUT2D eigenvalue weighted by Crippen LogP contribution is -2.11. The second kappa shape index (κ2) is 9.60. The van der Waals surface area contributed by atoms with E-state index >= 15 is 4.39 Å². The van der Waals surface area contributed by atoms with Crippen LogP contribution in [0.3, 0.4) is 0 Å². The van der Waals surface area contributed by atoms with Crippen LogP contribution in [0.15, 0.2) is 67.3 Å². The molecule has 1 fully saturated rings. The van der Waals surface area contributed by atoms with Crippen molar-refractivity contribution >= 4 is 10.8 Å². The fourth-order valence-electron chi connectivity index (χ4n) is 4.95. The van der Waals surface area contributed by atoms with Crippen molar-refractivity contribution in [2.24, 2.45) is 5.92 Å². The number of hydrogen-bond donors (Lipinski definition) is 0. The second-order valence-corrected chi connectivity index (χ2v) is 8.93. The molecular formula is C29H33F. The summed E-state index contributed by atoms with van der Waals surface area (Å²) in [5.41, 5.74) is 4.85. The molecule has 0 spiro atoms. The van der Waals surface area contributed by atoms with Crippen LogP contribution in [-0.2, 0) is 19.3 Å². The van der Waals surface area contributed by atoms with Gasteiger partial charge in [-0.3, -0.25) is 0 Å². The number of allylic oxidation sites excluding steroid dienone is 1. The van der Waals surface area contributed by atoms with Gasteiger partial charge in [0.25, 0.3) is 0 Å². The van der Waals surface area contributed by atoms with Crippen LogP contribution in [0.4, 0.5) is 4.39 Å². The highest BCUT2D eigenvalue weighted by Crippen LogP contribution is 2.36. The van der Waals surface area contributed by atoms with Crippen LogP contribution < -0.4 is 0 Å². The summed E-state index contributed by atoms with van der Waals surface area (Å²) >= 11 is 0. The summed E-state index contributed by atoms with van der Waals surface area (Å²) in [4.78, 5) is 0.